The van der Waals surface area contributed by atoms with Crippen LogP contribution in [0.5, 0.6) is 0 Å². The lowest BCUT2D eigenvalue weighted by atomic mass is 9.86. The molecule has 1 aromatic rings. The second-order valence-corrected chi connectivity index (χ2v) is 4.53. The van der Waals surface area contributed by atoms with Crippen molar-refractivity contribution in [1.29, 1.82) is 0 Å². The minimum absolute atomic E-state index is 0.157. The van der Waals surface area contributed by atoms with Crippen LogP contribution in [-0.2, 0) is 4.74 Å². The Hall–Kier alpha value is -1.16. The number of hydrogen-bond acceptors (Lipinski definition) is 3. The van der Waals surface area contributed by atoms with Gasteiger partial charge in [0.25, 0.3) is 0 Å². The Labute approximate surface area is 101 Å². The van der Waals surface area contributed by atoms with Gasteiger partial charge in [0.1, 0.15) is 6.10 Å². The average Bonchev–Trinajstić information content (AvgIpc) is 3.15. The summed E-state index contributed by atoms with van der Waals surface area (Å²) in [5.41, 5.74) is 2.06. The Bertz CT molecular complexity index is 381. The molecule has 4 atom stereocenters. The molecular weight excluding hydrogens is 216 g/mol. The molecule has 0 spiro atoms. The van der Waals surface area contributed by atoms with E-state index in [-0.39, 0.29) is 12.0 Å². The summed E-state index contributed by atoms with van der Waals surface area (Å²) in [6.45, 7) is 6.15. The van der Waals surface area contributed by atoms with Crippen molar-refractivity contribution in [1.82, 2.24) is 0 Å². The molecule has 2 N–H and O–H groups in total. The highest BCUT2D eigenvalue weighted by atomic mass is 16.6. The number of epoxide rings is 1. The van der Waals surface area contributed by atoms with Crippen molar-refractivity contribution in [3.8, 4) is 0 Å². The lowest BCUT2D eigenvalue weighted by Crippen LogP contribution is -2.32. The first kappa shape index (κ1) is 12.3. The molecule has 1 aliphatic rings. The molecule has 3 unspecified atom stereocenters. The molecule has 92 valence electrons. The van der Waals surface area contributed by atoms with Gasteiger partial charge in [-0.25, -0.2) is 0 Å². The quantitative estimate of drug-likeness (QED) is 0.598. The van der Waals surface area contributed by atoms with E-state index < -0.39 is 12.2 Å². The summed E-state index contributed by atoms with van der Waals surface area (Å²) in [6, 6.07) is 7.80. The fraction of sp³-hybridized carbons (Fsp3) is 0.429. The molecule has 1 fully saturated rings. The minimum atomic E-state index is -0.767. The van der Waals surface area contributed by atoms with E-state index in [0.717, 1.165) is 11.1 Å². The van der Waals surface area contributed by atoms with Crippen LogP contribution < -0.4 is 0 Å². The number of aryl methyl sites for hydroxylation is 1. The van der Waals surface area contributed by atoms with Gasteiger partial charge in [-0.1, -0.05) is 35.9 Å². The van der Waals surface area contributed by atoms with Gasteiger partial charge >= 0.3 is 0 Å². The summed E-state index contributed by atoms with van der Waals surface area (Å²) in [6.07, 6.45) is -0.158. The van der Waals surface area contributed by atoms with E-state index in [0.29, 0.717) is 6.61 Å². The number of aliphatic hydroxyl groups excluding tert-OH is 2. The number of hydrogen-bond donors (Lipinski definition) is 2. The van der Waals surface area contributed by atoms with Gasteiger partial charge in [0.05, 0.1) is 18.8 Å². The third-order valence-corrected chi connectivity index (χ3v) is 3.18. The molecule has 1 aliphatic heterocycles. The molecular formula is C14H18O3. The van der Waals surface area contributed by atoms with Gasteiger partial charge in [0, 0.05) is 5.92 Å². The van der Waals surface area contributed by atoms with E-state index in [1.807, 2.05) is 31.2 Å². The van der Waals surface area contributed by atoms with Crippen LogP contribution in [0.25, 0.3) is 0 Å². The highest BCUT2D eigenvalue weighted by molar-refractivity contribution is 5.28. The second kappa shape index (κ2) is 5.00. The van der Waals surface area contributed by atoms with Crippen molar-refractivity contribution in [3.63, 3.8) is 0 Å². The molecule has 1 saturated heterocycles. The van der Waals surface area contributed by atoms with Gasteiger partial charge in [-0.2, -0.15) is 0 Å². The van der Waals surface area contributed by atoms with Crippen LogP contribution in [0.15, 0.2) is 36.9 Å². The summed E-state index contributed by atoms with van der Waals surface area (Å²) in [4.78, 5) is 0. The van der Waals surface area contributed by atoms with E-state index in [2.05, 4.69) is 6.58 Å². The molecule has 3 nitrogen and oxygen atoms in total. The zero-order valence-corrected chi connectivity index (χ0v) is 9.91. The summed E-state index contributed by atoms with van der Waals surface area (Å²) < 4.78 is 5.10. The minimum Gasteiger partial charge on any atom is -0.390 e. The van der Waals surface area contributed by atoms with Crippen molar-refractivity contribution in [2.75, 3.05) is 6.61 Å². The Morgan fingerprint density at radius 1 is 1.35 bits per heavy atom. The third kappa shape index (κ3) is 2.75. The zero-order chi connectivity index (χ0) is 12.4. The van der Waals surface area contributed by atoms with E-state index in [9.17, 15) is 10.2 Å². The molecule has 0 saturated carbocycles. The first-order chi connectivity index (χ1) is 8.13. The van der Waals surface area contributed by atoms with Crippen LogP contribution in [0.1, 0.15) is 17.0 Å². The molecule has 0 aliphatic carbocycles. The third-order valence-electron chi connectivity index (χ3n) is 3.18. The van der Waals surface area contributed by atoms with Gasteiger partial charge in [-0.05, 0) is 12.5 Å². The lowest BCUT2D eigenvalue weighted by Gasteiger charge is -2.25. The molecule has 0 aromatic heterocycles. The monoisotopic (exact) mass is 234 g/mol. The number of ether oxygens (including phenoxy) is 1. The van der Waals surface area contributed by atoms with Crippen molar-refractivity contribution in [2.45, 2.75) is 31.2 Å². The highest BCUT2D eigenvalue weighted by Crippen LogP contribution is 2.31. The number of rotatable bonds is 5. The predicted octanol–water partition coefficient (Wildman–Crippen LogP) is 1.39. The van der Waals surface area contributed by atoms with Gasteiger partial charge in [-0.3, -0.25) is 0 Å². The van der Waals surface area contributed by atoms with Gasteiger partial charge < -0.3 is 14.9 Å². The Morgan fingerprint density at radius 3 is 2.41 bits per heavy atom. The first-order valence-corrected chi connectivity index (χ1v) is 5.80. The maximum atomic E-state index is 10.1. The number of benzene rings is 1. The molecule has 1 aromatic carbocycles. The fourth-order valence-corrected chi connectivity index (χ4v) is 2.02. The zero-order valence-electron chi connectivity index (χ0n) is 9.91. The maximum absolute atomic E-state index is 10.1. The maximum Gasteiger partial charge on any atom is 0.107 e. The average molecular weight is 234 g/mol. The smallest absolute Gasteiger partial charge is 0.107 e. The van der Waals surface area contributed by atoms with E-state index >= 15 is 0 Å². The predicted molar refractivity (Wildman–Crippen MR) is 65.9 cm³/mol. The topological polar surface area (TPSA) is 53.0 Å². The normalized spacial score (nSPS) is 23.8. The molecule has 0 radical (unpaired) electrons. The molecule has 0 bridgehead atoms. The van der Waals surface area contributed by atoms with E-state index in [4.69, 9.17) is 4.74 Å². The van der Waals surface area contributed by atoms with Crippen LogP contribution >= 0.6 is 0 Å². The van der Waals surface area contributed by atoms with Crippen LogP contribution in [0.2, 0.25) is 0 Å². The standard InChI is InChI=1S/C14H18O3/c1-3-11(15)13(14(16)12-8-17-12)10-6-4-9(2)5-7-10/h3-7,11-16H,1,8H2,2H3/t11?,12-,13?,14?/m1/s1. The lowest BCUT2D eigenvalue weighted by molar-refractivity contribution is 0.0556. The van der Waals surface area contributed by atoms with Crippen LogP contribution in [-0.4, -0.2) is 35.1 Å². The van der Waals surface area contributed by atoms with Gasteiger partial charge in [-0.15, -0.1) is 6.58 Å². The molecule has 17 heavy (non-hydrogen) atoms. The van der Waals surface area contributed by atoms with Crippen molar-refractivity contribution in [3.05, 3.63) is 48.0 Å². The van der Waals surface area contributed by atoms with E-state index in [1.54, 1.807) is 0 Å². The van der Waals surface area contributed by atoms with Crippen molar-refractivity contribution in [2.24, 2.45) is 0 Å². The Balaban J connectivity index is 2.25. The molecule has 3 heteroatoms. The SMILES string of the molecule is C=CC(O)C(c1ccc(C)cc1)C(O)[C@H]1CO1. The summed E-state index contributed by atoms with van der Waals surface area (Å²) in [5.74, 6) is -0.374. The highest BCUT2D eigenvalue weighted by Gasteiger charge is 2.39. The summed E-state index contributed by atoms with van der Waals surface area (Å²) >= 11 is 0. The van der Waals surface area contributed by atoms with Crippen LogP contribution in [0.4, 0.5) is 0 Å². The Kier molecular flexibility index (Phi) is 3.62. The van der Waals surface area contributed by atoms with Gasteiger partial charge in [0.2, 0.25) is 0 Å². The van der Waals surface area contributed by atoms with Crippen molar-refractivity contribution >= 4 is 0 Å². The number of aliphatic hydroxyl groups is 2. The van der Waals surface area contributed by atoms with E-state index in [1.165, 1.54) is 6.08 Å². The molecule has 0 amide bonds. The second-order valence-electron chi connectivity index (χ2n) is 4.53. The van der Waals surface area contributed by atoms with Gasteiger partial charge in [0.15, 0.2) is 0 Å². The first-order valence-electron chi connectivity index (χ1n) is 5.80. The summed E-state index contributed by atoms with van der Waals surface area (Å²) in [7, 11) is 0. The Morgan fingerprint density at radius 2 is 1.94 bits per heavy atom. The molecule has 1 heterocycles. The van der Waals surface area contributed by atoms with Crippen LogP contribution in [0, 0.1) is 6.92 Å². The fourth-order valence-electron chi connectivity index (χ4n) is 2.02. The van der Waals surface area contributed by atoms with Crippen molar-refractivity contribution < 1.29 is 14.9 Å². The van der Waals surface area contributed by atoms with Crippen LogP contribution in [0.3, 0.4) is 0 Å². The summed E-state index contributed by atoms with van der Waals surface area (Å²) in [5, 5.41) is 20.1. The molecule has 2 rings (SSSR count). The largest absolute Gasteiger partial charge is 0.390 e.